The van der Waals surface area contributed by atoms with Crippen molar-refractivity contribution in [3.05, 3.63) is 47.9 Å². The molecule has 3 rings (SSSR count). The summed E-state index contributed by atoms with van der Waals surface area (Å²) in [7, 11) is 2.88. The van der Waals surface area contributed by atoms with E-state index in [2.05, 4.69) is 4.98 Å². The second-order valence-electron chi connectivity index (χ2n) is 5.99. The topological polar surface area (TPSA) is 51.7 Å². The van der Waals surface area contributed by atoms with Crippen LogP contribution in [0, 0.1) is 5.82 Å². The Labute approximate surface area is 146 Å². The summed E-state index contributed by atoms with van der Waals surface area (Å²) < 4.78 is 24.9. The normalized spacial score (nSPS) is 14.4. The summed E-state index contributed by atoms with van der Waals surface area (Å²) in [5.41, 5.74) is -0.0461. The molecule has 0 spiro atoms. The van der Waals surface area contributed by atoms with E-state index in [9.17, 15) is 9.18 Å². The number of halogens is 1. The van der Waals surface area contributed by atoms with Crippen molar-refractivity contribution in [2.24, 2.45) is 0 Å². The quantitative estimate of drug-likeness (QED) is 0.827. The van der Waals surface area contributed by atoms with Gasteiger partial charge in [0.2, 0.25) is 0 Å². The van der Waals surface area contributed by atoms with Crippen molar-refractivity contribution < 1.29 is 18.7 Å². The van der Waals surface area contributed by atoms with Gasteiger partial charge in [0.05, 0.1) is 19.8 Å². The van der Waals surface area contributed by atoms with Crippen LogP contribution in [0.5, 0.6) is 11.5 Å². The van der Waals surface area contributed by atoms with Crippen LogP contribution < -0.4 is 14.4 Å². The SMILES string of the molecule is COc1cc(F)c(C(=O)N(c2ccccn2)C2CCCC2)cc1OC. The van der Waals surface area contributed by atoms with E-state index in [1.165, 1.54) is 26.4 Å². The molecule has 0 unspecified atom stereocenters. The van der Waals surface area contributed by atoms with E-state index in [4.69, 9.17) is 9.47 Å². The Balaban J connectivity index is 2.03. The zero-order valence-electron chi connectivity index (χ0n) is 14.4. The van der Waals surface area contributed by atoms with Crippen molar-refractivity contribution in [2.75, 3.05) is 19.1 Å². The zero-order chi connectivity index (χ0) is 17.8. The van der Waals surface area contributed by atoms with Gasteiger partial charge in [-0.15, -0.1) is 0 Å². The Morgan fingerprint density at radius 3 is 2.44 bits per heavy atom. The number of hydrogen-bond donors (Lipinski definition) is 0. The second-order valence-corrected chi connectivity index (χ2v) is 5.99. The number of hydrogen-bond acceptors (Lipinski definition) is 4. The lowest BCUT2D eigenvalue weighted by atomic mass is 10.1. The lowest BCUT2D eigenvalue weighted by molar-refractivity contribution is 0.0971. The van der Waals surface area contributed by atoms with Crippen molar-refractivity contribution in [3.8, 4) is 11.5 Å². The van der Waals surface area contributed by atoms with Crippen LogP contribution in [0.4, 0.5) is 10.2 Å². The number of amides is 1. The van der Waals surface area contributed by atoms with Crippen LogP contribution >= 0.6 is 0 Å². The van der Waals surface area contributed by atoms with Crippen molar-refractivity contribution in [1.29, 1.82) is 0 Å². The van der Waals surface area contributed by atoms with Crippen molar-refractivity contribution >= 4 is 11.7 Å². The maximum Gasteiger partial charge on any atom is 0.262 e. The average Bonchev–Trinajstić information content (AvgIpc) is 3.16. The molecule has 0 aliphatic heterocycles. The summed E-state index contributed by atoms with van der Waals surface area (Å²) in [6.07, 6.45) is 5.51. The van der Waals surface area contributed by atoms with E-state index in [0.29, 0.717) is 11.6 Å². The third-order valence-electron chi connectivity index (χ3n) is 4.51. The molecule has 1 amide bonds. The monoisotopic (exact) mass is 344 g/mol. The van der Waals surface area contributed by atoms with E-state index < -0.39 is 11.7 Å². The number of aromatic nitrogens is 1. The molecule has 25 heavy (non-hydrogen) atoms. The molecule has 0 radical (unpaired) electrons. The number of pyridine rings is 1. The molecule has 5 nitrogen and oxygen atoms in total. The summed E-state index contributed by atoms with van der Waals surface area (Å²) in [4.78, 5) is 19.1. The van der Waals surface area contributed by atoms with E-state index in [1.807, 2.05) is 6.07 Å². The molecule has 1 aromatic heterocycles. The summed E-state index contributed by atoms with van der Waals surface area (Å²) in [6, 6.07) is 7.98. The molecule has 0 saturated heterocycles. The van der Waals surface area contributed by atoms with Gasteiger partial charge < -0.3 is 9.47 Å². The van der Waals surface area contributed by atoms with Gasteiger partial charge in [0.15, 0.2) is 11.5 Å². The van der Waals surface area contributed by atoms with Crippen molar-refractivity contribution in [1.82, 2.24) is 4.98 Å². The number of carbonyl (C=O) groups excluding carboxylic acids is 1. The predicted molar refractivity (Wildman–Crippen MR) is 92.8 cm³/mol. The van der Waals surface area contributed by atoms with Gasteiger partial charge in [0.25, 0.3) is 5.91 Å². The molecular weight excluding hydrogens is 323 g/mol. The second kappa shape index (κ2) is 7.51. The summed E-state index contributed by atoms with van der Waals surface area (Å²) >= 11 is 0. The van der Waals surface area contributed by atoms with E-state index >= 15 is 0 Å². The lowest BCUT2D eigenvalue weighted by Gasteiger charge is -2.28. The number of methoxy groups -OCH3 is 2. The van der Waals surface area contributed by atoms with Gasteiger partial charge in [-0.25, -0.2) is 9.37 Å². The van der Waals surface area contributed by atoms with E-state index in [-0.39, 0.29) is 17.4 Å². The smallest absolute Gasteiger partial charge is 0.262 e. The summed E-state index contributed by atoms with van der Waals surface area (Å²) in [5.74, 6) is 0.0562. The molecule has 1 heterocycles. The van der Waals surface area contributed by atoms with Gasteiger partial charge in [-0.2, -0.15) is 0 Å². The number of carbonyl (C=O) groups is 1. The molecule has 0 atom stereocenters. The average molecular weight is 344 g/mol. The minimum absolute atomic E-state index is 0.0231. The maximum absolute atomic E-state index is 14.6. The van der Waals surface area contributed by atoms with Crippen LogP contribution in [0.15, 0.2) is 36.5 Å². The van der Waals surface area contributed by atoms with Gasteiger partial charge >= 0.3 is 0 Å². The van der Waals surface area contributed by atoms with Gasteiger partial charge in [-0.1, -0.05) is 18.9 Å². The Hall–Kier alpha value is -2.63. The van der Waals surface area contributed by atoms with Crippen LogP contribution in [0.3, 0.4) is 0 Å². The highest BCUT2D eigenvalue weighted by Crippen LogP contribution is 2.33. The van der Waals surface area contributed by atoms with Gasteiger partial charge in [0.1, 0.15) is 11.6 Å². The van der Waals surface area contributed by atoms with Crippen molar-refractivity contribution in [2.45, 2.75) is 31.7 Å². The largest absolute Gasteiger partial charge is 0.493 e. The van der Waals surface area contributed by atoms with Crippen molar-refractivity contribution in [3.63, 3.8) is 0 Å². The zero-order valence-corrected chi connectivity index (χ0v) is 14.4. The van der Waals surface area contributed by atoms with E-state index in [1.54, 1.807) is 23.2 Å². The van der Waals surface area contributed by atoms with Crippen LogP contribution in [0.2, 0.25) is 0 Å². The fraction of sp³-hybridized carbons (Fsp3) is 0.368. The molecule has 0 N–H and O–H groups in total. The molecule has 6 heteroatoms. The molecule has 1 aromatic carbocycles. The number of benzene rings is 1. The number of ether oxygens (including phenoxy) is 2. The highest BCUT2D eigenvalue weighted by atomic mass is 19.1. The Morgan fingerprint density at radius 1 is 1.16 bits per heavy atom. The fourth-order valence-corrected chi connectivity index (χ4v) is 3.26. The van der Waals surface area contributed by atoms with Crippen LogP contribution in [-0.4, -0.2) is 31.2 Å². The first-order chi connectivity index (χ1) is 12.2. The molecule has 1 aliphatic rings. The molecule has 2 aromatic rings. The lowest BCUT2D eigenvalue weighted by Crippen LogP contribution is -2.40. The molecule has 1 fully saturated rings. The summed E-state index contributed by atoms with van der Waals surface area (Å²) in [5, 5.41) is 0. The first-order valence-corrected chi connectivity index (χ1v) is 8.31. The van der Waals surface area contributed by atoms with Crippen LogP contribution in [0.1, 0.15) is 36.0 Å². The molecule has 132 valence electrons. The molecule has 0 bridgehead atoms. The fourth-order valence-electron chi connectivity index (χ4n) is 3.26. The minimum Gasteiger partial charge on any atom is -0.493 e. The van der Waals surface area contributed by atoms with Gasteiger partial charge in [-0.05, 0) is 31.0 Å². The highest BCUT2D eigenvalue weighted by molar-refractivity contribution is 6.06. The highest BCUT2D eigenvalue weighted by Gasteiger charge is 2.31. The first kappa shape index (κ1) is 17.2. The molecular formula is C19H21FN2O3. The summed E-state index contributed by atoms with van der Waals surface area (Å²) in [6.45, 7) is 0. The number of anilines is 1. The Kier molecular flexibility index (Phi) is 5.16. The van der Waals surface area contributed by atoms with Gasteiger partial charge in [0, 0.05) is 18.3 Å². The van der Waals surface area contributed by atoms with Crippen LogP contribution in [0.25, 0.3) is 0 Å². The minimum atomic E-state index is -0.637. The third-order valence-corrected chi connectivity index (χ3v) is 4.51. The predicted octanol–water partition coefficient (Wildman–Crippen LogP) is 3.83. The Bertz CT molecular complexity index is 746. The molecule has 1 aliphatic carbocycles. The number of rotatable bonds is 5. The number of nitrogens with zero attached hydrogens (tertiary/aromatic N) is 2. The van der Waals surface area contributed by atoms with Crippen LogP contribution in [-0.2, 0) is 0 Å². The Morgan fingerprint density at radius 2 is 1.84 bits per heavy atom. The third kappa shape index (κ3) is 3.43. The standard InChI is InChI=1S/C19H21FN2O3/c1-24-16-11-14(15(20)12-17(16)25-2)19(23)22(13-7-3-4-8-13)18-9-5-6-10-21-18/h5-6,9-13H,3-4,7-8H2,1-2H3. The maximum atomic E-state index is 14.6. The van der Waals surface area contributed by atoms with E-state index in [0.717, 1.165) is 25.7 Å². The van der Waals surface area contributed by atoms with Gasteiger partial charge in [-0.3, -0.25) is 9.69 Å². The first-order valence-electron chi connectivity index (χ1n) is 8.31. The molecule has 1 saturated carbocycles.